The second-order valence-electron chi connectivity index (χ2n) is 4.11. The van der Waals surface area contributed by atoms with Crippen LogP contribution in [0.15, 0.2) is 12.4 Å². The Bertz CT molecular complexity index is 358. The average molecular weight is 244 g/mol. The van der Waals surface area contributed by atoms with Crippen LogP contribution in [0.4, 0.5) is 0 Å². The molecule has 90 valence electrons. The van der Waals surface area contributed by atoms with Crippen molar-refractivity contribution >= 4 is 18.3 Å². The standard InChI is InChI=1S/C11H17N3O.ClH/c1-8-5-13-7-10(8)11(15)14(2)9-3-4-12-6-9;/h5,7,9,12-13H,3-4,6H2,1-2H3;1H. The lowest BCUT2D eigenvalue weighted by atomic mass is 10.1. The maximum atomic E-state index is 12.1. The van der Waals surface area contributed by atoms with Crippen LogP contribution < -0.4 is 5.32 Å². The van der Waals surface area contributed by atoms with Gasteiger partial charge in [0.1, 0.15) is 0 Å². The quantitative estimate of drug-likeness (QED) is 0.820. The fourth-order valence-corrected chi connectivity index (χ4v) is 2.00. The first-order valence-electron chi connectivity index (χ1n) is 5.31. The minimum absolute atomic E-state index is 0. The summed E-state index contributed by atoms with van der Waals surface area (Å²) in [5.41, 5.74) is 1.79. The smallest absolute Gasteiger partial charge is 0.255 e. The molecule has 16 heavy (non-hydrogen) atoms. The third-order valence-corrected chi connectivity index (χ3v) is 3.09. The number of H-pyrrole nitrogens is 1. The summed E-state index contributed by atoms with van der Waals surface area (Å²) < 4.78 is 0. The Hall–Kier alpha value is -1.00. The number of likely N-dealkylation sites (N-methyl/N-ethyl adjacent to an activating group) is 1. The molecule has 2 heterocycles. The maximum absolute atomic E-state index is 12.1. The summed E-state index contributed by atoms with van der Waals surface area (Å²) >= 11 is 0. The lowest BCUT2D eigenvalue weighted by Gasteiger charge is -2.23. The summed E-state index contributed by atoms with van der Waals surface area (Å²) in [6.07, 6.45) is 4.68. The van der Waals surface area contributed by atoms with Gasteiger partial charge in [-0.1, -0.05) is 0 Å². The van der Waals surface area contributed by atoms with E-state index in [1.54, 1.807) is 6.20 Å². The zero-order valence-electron chi connectivity index (χ0n) is 9.62. The predicted molar refractivity (Wildman–Crippen MR) is 66.1 cm³/mol. The molecular formula is C11H18ClN3O. The molecule has 2 rings (SSSR count). The van der Waals surface area contributed by atoms with E-state index in [-0.39, 0.29) is 18.3 Å². The zero-order valence-corrected chi connectivity index (χ0v) is 10.4. The van der Waals surface area contributed by atoms with Crippen LogP contribution in [0.3, 0.4) is 0 Å². The average Bonchev–Trinajstić information content (AvgIpc) is 2.85. The molecule has 5 heteroatoms. The lowest BCUT2D eigenvalue weighted by Crippen LogP contribution is -2.38. The van der Waals surface area contributed by atoms with E-state index in [9.17, 15) is 4.79 Å². The highest BCUT2D eigenvalue weighted by atomic mass is 35.5. The van der Waals surface area contributed by atoms with Crippen molar-refractivity contribution in [1.82, 2.24) is 15.2 Å². The summed E-state index contributed by atoms with van der Waals surface area (Å²) in [6.45, 7) is 3.87. The first kappa shape index (κ1) is 13.1. The number of hydrogen-bond acceptors (Lipinski definition) is 2. The fourth-order valence-electron chi connectivity index (χ4n) is 2.00. The van der Waals surface area contributed by atoms with Crippen LogP contribution in [-0.2, 0) is 0 Å². The highest BCUT2D eigenvalue weighted by molar-refractivity contribution is 5.95. The molecule has 0 spiro atoms. The molecule has 0 bridgehead atoms. The van der Waals surface area contributed by atoms with Gasteiger partial charge in [-0.05, 0) is 25.5 Å². The van der Waals surface area contributed by atoms with Crippen molar-refractivity contribution in [3.8, 4) is 0 Å². The molecule has 1 aromatic heterocycles. The number of nitrogens with one attached hydrogen (secondary N) is 2. The number of aromatic nitrogens is 1. The largest absolute Gasteiger partial charge is 0.367 e. The van der Waals surface area contributed by atoms with E-state index < -0.39 is 0 Å². The van der Waals surface area contributed by atoms with Crippen molar-refractivity contribution in [2.24, 2.45) is 0 Å². The number of aryl methyl sites for hydroxylation is 1. The second kappa shape index (κ2) is 5.37. The van der Waals surface area contributed by atoms with Crippen molar-refractivity contribution in [3.05, 3.63) is 23.5 Å². The van der Waals surface area contributed by atoms with Crippen LogP contribution in [-0.4, -0.2) is 42.0 Å². The SMILES string of the molecule is Cc1c[nH]cc1C(=O)N(C)C1CCNC1.Cl. The van der Waals surface area contributed by atoms with Crippen molar-refractivity contribution in [1.29, 1.82) is 0 Å². The summed E-state index contributed by atoms with van der Waals surface area (Å²) in [7, 11) is 1.88. The van der Waals surface area contributed by atoms with E-state index in [1.165, 1.54) is 0 Å². The Balaban J connectivity index is 0.00000128. The lowest BCUT2D eigenvalue weighted by molar-refractivity contribution is 0.0743. The highest BCUT2D eigenvalue weighted by Gasteiger charge is 2.24. The highest BCUT2D eigenvalue weighted by Crippen LogP contribution is 2.13. The van der Waals surface area contributed by atoms with E-state index in [1.807, 2.05) is 25.1 Å². The molecule has 0 aliphatic carbocycles. The monoisotopic (exact) mass is 243 g/mol. The van der Waals surface area contributed by atoms with Gasteiger partial charge < -0.3 is 15.2 Å². The van der Waals surface area contributed by atoms with Gasteiger partial charge in [-0.3, -0.25) is 4.79 Å². The van der Waals surface area contributed by atoms with Crippen LogP contribution >= 0.6 is 12.4 Å². The molecule has 0 saturated carbocycles. The molecular weight excluding hydrogens is 226 g/mol. The molecule has 1 atom stereocenters. The number of carbonyl (C=O) groups is 1. The topological polar surface area (TPSA) is 48.1 Å². The number of amides is 1. The Morgan fingerprint density at radius 3 is 2.75 bits per heavy atom. The number of aromatic amines is 1. The van der Waals surface area contributed by atoms with Crippen molar-refractivity contribution in [3.63, 3.8) is 0 Å². The van der Waals surface area contributed by atoms with Gasteiger partial charge in [0.05, 0.1) is 5.56 Å². The molecule has 1 unspecified atom stereocenters. The van der Waals surface area contributed by atoms with Gasteiger partial charge in [0, 0.05) is 32.0 Å². The Labute approximate surface area is 102 Å². The van der Waals surface area contributed by atoms with Crippen molar-refractivity contribution < 1.29 is 4.79 Å². The maximum Gasteiger partial charge on any atom is 0.255 e. The van der Waals surface area contributed by atoms with Gasteiger partial charge in [-0.25, -0.2) is 0 Å². The minimum Gasteiger partial charge on any atom is -0.367 e. The van der Waals surface area contributed by atoms with Crippen LogP contribution in [0.25, 0.3) is 0 Å². The Kier molecular flexibility index (Phi) is 4.38. The molecule has 1 saturated heterocycles. The van der Waals surface area contributed by atoms with Gasteiger partial charge in [0.2, 0.25) is 0 Å². The molecule has 4 nitrogen and oxygen atoms in total. The number of halogens is 1. The summed E-state index contributed by atoms with van der Waals surface area (Å²) in [5, 5.41) is 3.27. The molecule has 1 aliphatic rings. The minimum atomic E-state index is 0. The van der Waals surface area contributed by atoms with Crippen LogP contribution in [0.1, 0.15) is 22.3 Å². The molecule has 1 fully saturated rings. The van der Waals surface area contributed by atoms with Crippen molar-refractivity contribution in [2.75, 3.05) is 20.1 Å². The molecule has 1 aliphatic heterocycles. The van der Waals surface area contributed by atoms with E-state index in [0.29, 0.717) is 6.04 Å². The van der Waals surface area contributed by atoms with Gasteiger partial charge in [-0.15, -0.1) is 12.4 Å². The number of nitrogens with zero attached hydrogens (tertiary/aromatic N) is 1. The van der Waals surface area contributed by atoms with E-state index >= 15 is 0 Å². The second-order valence-corrected chi connectivity index (χ2v) is 4.11. The van der Waals surface area contributed by atoms with Gasteiger partial charge in [0.25, 0.3) is 5.91 Å². The summed E-state index contributed by atoms with van der Waals surface area (Å²) in [6, 6.07) is 0.340. The van der Waals surface area contributed by atoms with Crippen LogP contribution in [0.2, 0.25) is 0 Å². The van der Waals surface area contributed by atoms with Crippen LogP contribution in [0.5, 0.6) is 0 Å². The fraction of sp³-hybridized carbons (Fsp3) is 0.545. The van der Waals surface area contributed by atoms with Gasteiger partial charge >= 0.3 is 0 Å². The van der Waals surface area contributed by atoms with Crippen molar-refractivity contribution in [2.45, 2.75) is 19.4 Å². The van der Waals surface area contributed by atoms with Gasteiger partial charge in [0.15, 0.2) is 0 Å². The first-order valence-corrected chi connectivity index (χ1v) is 5.31. The molecule has 0 aromatic carbocycles. The zero-order chi connectivity index (χ0) is 10.8. The molecule has 1 aromatic rings. The van der Waals surface area contributed by atoms with Gasteiger partial charge in [-0.2, -0.15) is 0 Å². The molecule has 2 N–H and O–H groups in total. The predicted octanol–water partition coefficient (Wildman–Crippen LogP) is 1.18. The van der Waals surface area contributed by atoms with E-state index in [4.69, 9.17) is 0 Å². The summed E-state index contributed by atoms with van der Waals surface area (Å²) in [4.78, 5) is 16.9. The Morgan fingerprint density at radius 1 is 1.50 bits per heavy atom. The Morgan fingerprint density at radius 2 is 2.25 bits per heavy atom. The normalized spacial score (nSPS) is 19.2. The third-order valence-electron chi connectivity index (χ3n) is 3.09. The molecule has 1 amide bonds. The molecule has 0 radical (unpaired) electrons. The first-order chi connectivity index (χ1) is 7.20. The van der Waals surface area contributed by atoms with Crippen LogP contribution in [0, 0.1) is 6.92 Å². The summed E-state index contributed by atoms with van der Waals surface area (Å²) in [5.74, 6) is 0.113. The van der Waals surface area contributed by atoms with E-state index in [0.717, 1.165) is 30.6 Å². The third kappa shape index (κ3) is 2.39. The number of rotatable bonds is 2. The number of carbonyl (C=O) groups excluding carboxylic acids is 1. The number of hydrogen-bond donors (Lipinski definition) is 2. The van der Waals surface area contributed by atoms with E-state index in [2.05, 4.69) is 10.3 Å².